The Balaban J connectivity index is 1.51. The number of fused-ring (bicyclic) bond motifs is 1. The fraction of sp³-hybridized carbons (Fsp3) is 0.304. The van der Waals surface area contributed by atoms with Gasteiger partial charge in [0.1, 0.15) is 12.6 Å². The van der Waals surface area contributed by atoms with Gasteiger partial charge in [0.05, 0.1) is 4.88 Å². The van der Waals surface area contributed by atoms with Crippen molar-refractivity contribution in [3.8, 4) is 0 Å². The zero-order valence-corrected chi connectivity index (χ0v) is 17.2. The molecular weight excluding hydrogens is 386 g/mol. The highest BCUT2D eigenvalue weighted by atomic mass is 32.1. The fourth-order valence-electron chi connectivity index (χ4n) is 3.13. The third-order valence-corrected chi connectivity index (χ3v) is 6.08. The first-order valence-corrected chi connectivity index (χ1v) is 10.5. The first-order valence-electron chi connectivity index (χ1n) is 9.67. The van der Waals surface area contributed by atoms with Crippen LogP contribution in [0.25, 0.3) is 10.1 Å². The predicted octanol–water partition coefficient (Wildman–Crippen LogP) is 3.81. The molecule has 0 aliphatic carbocycles. The van der Waals surface area contributed by atoms with Crippen LogP contribution in [0.15, 0.2) is 48.5 Å². The first-order chi connectivity index (χ1) is 14.0. The summed E-state index contributed by atoms with van der Waals surface area (Å²) in [6, 6.07) is 15.8. The third-order valence-electron chi connectivity index (χ3n) is 4.94. The normalized spacial score (nSPS) is 12.2. The van der Waals surface area contributed by atoms with E-state index in [2.05, 4.69) is 29.6 Å². The molecule has 152 valence electrons. The summed E-state index contributed by atoms with van der Waals surface area (Å²) in [5.41, 5.74) is 3.57. The maximum absolute atomic E-state index is 11.7. The number of rotatable bonds is 10. The molecule has 0 saturated carbocycles. The fourth-order valence-corrected chi connectivity index (χ4v) is 4.18. The predicted molar refractivity (Wildman–Crippen MR) is 116 cm³/mol. The van der Waals surface area contributed by atoms with Crippen LogP contribution in [0.1, 0.15) is 39.7 Å². The second kappa shape index (κ2) is 9.78. The van der Waals surface area contributed by atoms with E-state index >= 15 is 0 Å². The van der Waals surface area contributed by atoms with E-state index in [4.69, 9.17) is 10.2 Å². The lowest BCUT2D eigenvalue weighted by atomic mass is 10.0. The number of benzene rings is 2. The van der Waals surface area contributed by atoms with Crippen LogP contribution in [0, 0.1) is 0 Å². The largest absolute Gasteiger partial charge is 0.480 e. The zero-order valence-electron chi connectivity index (χ0n) is 16.4. The van der Waals surface area contributed by atoms with Gasteiger partial charge in [-0.2, -0.15) is 0 Å². The van der Waals surface area contributed by atoms with Gasteiger partial charge in [0.15, 0.2) is 5.78 Å². The molecule has 5 nitrogen and oxygen atoms in total. The summed E-state index contributed by atoms with van der Waals surface area (Å²) in [4.78, 5) is 23.1. The quantitative estimate of drug-likeness (QED) is 0.442. The summed E-state index contributed by atoms with van der Waals surface area (Å²) in [6.07, 6.45) is 2.94. The van der Waals surface area contributed by atoms with E-state index in [1.165, 1.54) is 22.5 Å². The van der Waals surface area contributed by atoms with Crippen LogP contribution < -0.4 is 5.32 Å². The number of aliphatic hydroxyl groups excluding tert-OH is 1. The second-order valence-corrected chi connectivity index (χ2v) is 8.26. The minimum absolute atomic E-state index is 0.233. The number of ketones is 1. The summed E-state index contributed by atoms with van der Waals surface area (Å²) in [5.74, 6) is -1.08. The second-order valence-electron chi connectivity index (χ2n) is 7.17. The van der Waals surface area contributed by atoms with Gasteiger partial charge in [-0.3, -0.25) is 9.59 Å². The van der Waals surface area contributed by atoms with Crippen molar-refractivity contribution in [1.29, 1.82) is 0 Å². The maximum atomic E-state index is 11.7. The van der Waals surface area contributed by atoms with Crippen LogP contribution in [0.4, 0.5) is 0 Å². The third kappa shape index (κ3) is 5.73. The number of thiophene rings is 1. The molecule has 6 heteroatoms. The van der Waals surface area contributed by atoms with Gasteiger partial charge in [-0.05, 0) is 60.4 Å². The van der Waals surface area contributed by atoms with Gasteiger partial charge < -0.3 is 15.5 Å². The van der Waals surface area contributed by atoms with Crippen molar-refractivity contribution in [3.63, 3.8) is 0 Å². The number of aliphatic hydroxyl groups is 1. The van der Waals surface area contributed by atoms with Crippen molar-refractivity contribution < 1.29 is 19.8 Å². The molecule has 0 radical (unpaired) electrons. The van der Waals surface area contributed by atoms with Crippen molar-refractivity contribution in [3.05, 3.63) is 70.1 Å². The average molecular weight is 412 g/mol. The lowest BCUT2D eigenvalue weighted by Crippen LogP contribution is -2.33. The lowest BCUT2D eigenvalue weighted by molar-refractivity contribution is -0.139. The van der Waals surface area contributed by atoms with Gasteiger partial charge in [0, 0.05) is 11.2 Å². The highest BCUT2D eigenvalue weighted by molar-refractivity contribution is 7.20. The molecule has 0 amide bonds. The Morgan fingerprint density at radius 2 is 1.66 bits per heavy atom. The Labute approximate surface area is 174 Å². The summed E-state index contributed by atoms with van der Waals surface area (Å²) < 4.78 is 1.08. The number of Topliss-reactive ketones (excluding diaryl/α,β-unsaturated/α-hetero) is 1. The summed E-state index contributed by atoms with van der Waals surface area (Å²) >= 11 is 1.43. The Bertz CT molecular complexity index is 994. The Morgan fingerprint density at radius 3 is 2.34 bits per heavy atom. The van der Waals surface area contributed by atoms with Gasteiger partial charge >= 0.3 is 5.97 Å². The number of carbonyl (C=O) groups excluding carboxylic acids is 1. The maximum Gasteiger partial charge on any atom is 0.320 e. The molecule has 3 N–H and O–H groups in total. The highest BCUT2D eigenvalue weighted by Crippen LogP contribution is 2.27. The van der Waals surface area contributed by atoms with E-state index in [1.807, 2.05) is 24.3 Å². The molecule has 0 spiro atoms. The number of carboxylic acids is 1. The molecule has 0 saturated heterocycles. The van der Waals surface area contributed by atoms with E-state index in [-0.39, 0.29) is 5.78 Å². The van der Waals surface area contributed by atoms with Crippen molar-refractivity contribution >= 4 is 33.2 Å². The van der Waals surface area contributed by atoms with Crippen LogP contribution in [0.3, 0.4) is 0 Å². The van der Waals surface area contributed by atoms with E-state index in [0.717, 1.165) is 34.9 Å². The van der Waals surface area contributed by atoms with E-state index < -0.39 is 18.6 Å². The number of aliphatic carboxylic acids is 1. The molecule has 0 aliphatic heterocycles. The first kappa shape index (κ1) is 21.2. The van der Waals surface area contributed by atoms with Crippen LogP contribution in [-0.4, -0.2) is 34.6 Å². The van der Waals surface area contributed by atoms with Crippen molar-refractivity contribution in [2.24, 2.45) is 0 Å². The summed E-state index contributed by atoms with van der Waals surface area (Å²) in [7, 11) is 0. The SMILES string of the molecule is C[C@H](NCc1ccc(CCCc2ccc3cc(C(=O)CO)sc3c2)cc1)C(=O)O. The molecule has 2 aromatic carbocycles. The molecule has 0 bridgehead atoms. The Hall–Kier alpha value is -2.54. The van der Waals surface area contributed by atoms with Crippen LogP contribution >= 0.6 is 11.3 Å². The minimum Gasteiger partial charge on any atom is -0.480 e. The number of aryl methyl sites for hydroxylation is 2. The highest BCUT2D eigenvalue weighted by Gasteiger charge is 2.10. The smallest absolute Gasteiger partial charge is 0.320 e. The molecule has 1 heterocycles. The number of hydrogen-bond acceptors (Lipinski definition) is 5. The Kier molecular flexibility index (Phi) is 7.14. The molecule has 0 fully saturated rings. The molecule has 29 heavy (non-hydrogen) atoms. The topological polar surface area (TPSA) is 86.6 Å². The molecule has 0 unspecified atom stereocenters. The van der Waals surface area contributed by atoms with E-state index in [9.17, 15) is 9.59 Å². The van der Waals surface area contributed by atoms with Crippen LogP contribution in [0.5, 0.6) is 0 Å². The van der Waals surface area contributed by atoms with Gasteiger partial charge in [-0.25, -0.2) is 0 Å². The molecule has 1 atom stereocenters. The molecule has 1 aromatic heterocycles. The molecule has 0 aliphatic rings. The lowest BCUT2D eigenvalue weighted by Gasteiger charge is -2.09. The number of carboxylic acid groups (broad SMARTS) is 1. The van der Waals surface area contributed by atoms with Crippen LogP contribution in [0.2, 0.25) is 0 Å². The Morgan fingerprint density at radius 1 is 1.00 bits per heavy atom. The average Bonchev–Trinajstić information content (AvgIpc) is 3.15. The zero-order chi connectivity index (χ0) is 20.8. The van der Waals surface area contributed by atoms with Crippen LogP contribution in [-0.2, 0) is 24.2 Å². The molecular formula is C23H25NO4S. The molecule has 3 aromatic rings. The van der Waals surface area contributed by atoms with Crippen molar-refractivity contribution in [2.45, 2.75) is 38.8 Å². The minimum atomic E-state index is -0.849. The van der Waals surface area contributed by atoms with Crippen molar-refractivity contribution in [1.82, 2.24) is 5.32 Å². The standard InChI is InChI=1S/C23H25NO4S/c1-15(23(27)28)24-13-18-7-5-16(6-8-18)3-2-4-17-9-10-19-12-22(20(26)14-25)29-21(19)11-17/h5-12,15,24-25H,2-4,13-14H2,1H3,(H,27,28)/t15-/m0/s1. The molecule has 3 rings (SSSR count). The number of hydrogen-bond donors (Lipinski definition) is 3. The van der Waals surface area contributed by atoms with Gasteiger partial charge in [0.25, 0.3) is 0 Å². The monoisotopic (exact) mass is 411 g/mol. The van der Waals surface area contributed by atoms with E-state index in [0.29, 0.717) is 11.4 Å². The van der Waals surface area contributed by atoms with Gasteiger partial charge in [0.2, 0.25) is 0 Å². The van der Waals surface area contributed by atoms with Gasteiger partial charge in [-0.15, -0.1) is 11.3 Å². The summed E-state index contributed by atoms with van der Waals surface area (Å²) in [5, 5.41) is 21.9. The van der Waals surface area contributed by atoms with E-state index in [1.54, 1.807) is 6.92 Å². The number of nitrogens with one attached hydrogen (secondary N) is 1. The summed E-state index contributed by atoms with van der Waals surface area (Å²) in [6.45, 7) is 1.72. The van der Waals surface area contributed by atoms with Crippen molar-refractivity contribution in [2.75, 3.05) is 6.61 Å². The van der Waals surface area contributed by atoms with Gasteiger partial charge in [-0.1, -0.05) is 36.4 Å². The number of carbonyl (C=O) groups is 2.